The minimum atomic E-state index is -0.726. The molecule has 0 bridgehead atoms. The molecule has 114 valence electrons. The zero-order valence-corrected chi connectivity index (χ0v) is 13.2. The van der Waals surface area contributed by atoms with Gasteiger partial charge in [-0.15, -0.1) is 5.12 Å². The number of carbonyl (C=O) groups is 1. The summed E-state index contributed by atoms with van der Waals surface area (Å²) < 4.78 is 14.4. The number of hydrogen-bond donors (Lipinski definition) is 1. The molecule has 1 rings (SSSR count). The van der Waals surface area contributed by atoms with E-state index in [0.717, 1.165) is 12.0 Å². The van der Waals surface area contributed by atoms with E-state index < -0.39 is 5.91 Å². The third kappa shape index (κ3) is 4.41. The highest BCUT2D eigenvalue weighted by Gasteiger charge is 2.18. The molecule has 0 aliphatic carbocycles. The monoisotopic (exact) mass is 291 g/mol. The van der Waals surface area contributed by atoms with Gasteiger partial charge in [-0.3, -0.25) is 9.78 Å². The van der Waals surface area contributed by atoms with Gasteiger partial charge in [0, 0.05) is 36.3 Å². The first-order valence-electron chi connectivity index (χ1n) is 6.89. The van der Waals surface area contributed by atoms with Gasteiger partial charge in [-0.05, 0) is 33.3 Å². The minimum absolute atomic E-state index is 0.157. The summed E-state index contributed by atoms with van der Waals surface area (Å²) in [6.45, 7) is 7.48. The van der Waals surface area contributed by atoms with Crippen LogP contribution in [0.5, 0.6) is 0 Å². The van der Waals surface area contributed by atoms with E-state index in [2.05, 4.69) is 10.3 Å². The second-order valence-corrected chi connectivity index (χ2v) is 4.87. The van der Waals surface area contributed by atoms with Crippen molar-refractivity contribution in [3.63, 3.8) is 0 Å². The van der Waals surface area contributed by atoms with Crippen LogP contribution in [-0.4, -0.2) is 17.9 Å². The third-order valence-corrected chi connectivity index (χ3v) is 3.25. The number of nitrogens with zero attached hydrogens (tertiary/aromatic N) is 2. The largest absolute Gasteiger partial charge is 0.391 e. The summed E-state index contributed by atoms with van der Waals surface area (Å²) in [6.07, 6.45) is 5.44. The molecule has 1 aromatic rings. The first kappa shape index (κ1) is 16.9. The lowest BCUT2D eigenvalue weighted by Crippen LogP contribution is -2.22. The van der Waals surface area contributed by atoms with Crippen molar-refractivity contribution in [3.8, 4) is 0 Å². The Morgan fingerprint density at radius 3 is 2.71 bits per heavy atom. The molecule has 21 heavy (non-hydrogen) atoms. The summed E-state index contributed by atoms with van der Waals surface area (Å²) in [7, 11) is 1.68. The lowest BCUT2D eigenvalue weighted by atomic mass is 10.1. The number of allylic oxidation sites excluding steroid dienone is 2. The van der Waals surface area contributed by atoms with Crippen LogP contribution in [0.25, 0.3) is 6.08 Å². The van der Waals surface area contributed by atoms with Crippen molar-refractivity contribution < 1.29 is 9.28 Å². The van der Waals surface area contributed by atoms with Crippen molar-refractivity contribution in [2.45, 2.75) is 34.1 Å². The number of nitrogens with one attached hydrogen (secondary N) is 1. The normalized spacial score (nSPS) is 12.3. The molecule has 0 spiro atoms. The predicted molar refractivity (Wildman–Crippen MR) is 84.3 cm³/mol. The van der Waals surface area contributed by atoms with Crippen LogP contribution in [0.15, 0.2) is 29.6 Å². The number of carbonyl (C=O) groups excluding carboxylic acids is 1. The number of aryl methyl sites for hydroxylation is 1. The van der Waals surface area contributed by atoms with E-state index in [-0.39, 0.29) is 10.8 Å². The van der Waals surface area contributed by atoms with Gasteiger partial charge in [-0.25, -0.2) is 0 Å². The number of amides is 1. The van der Waals surface area contributed by atoms with Crippen LogP contribution in [0.4, 0.5) is 10.2 Å². The molecule has 0 radical (unpaired) electrons. The third-order valence-electron chi connectivity index (χ3n) is 3.25. The second-order valence-electron chi connectivity index (χ2n) is 4.87. The average molecular weight is 291 g/mol. The van der Waals surface area contributed by atoms with Gasteiger partial charge in [0.1, 0.15) is 0 Å². The number of anilines is 1. The number of rotatable bonds is 5. The van der Waals surface area contributed by atoms with Crippen LogP contribution in [-0.2, 0) is 4.79 Å². The molecule has 1 amide bonds. The van der Waals surface area contributed by atoms with E-state index in [1.54, 1.807) is 20.9 Å². The van der Waals surface area contributed by atoms with Crippen LogP contribution in [0.2, 0.25) is 0 Å². The highest BCUT2D eigenvalue weighted by atomic mass is 19.2. The molecule has 0 aliphatic rings. The van der Waals surface area contributed by atoms with Gasteiger partial charge < -0.3 is 5.32 Å². The highest BCUT2D eigenvalue weighted by molar-refractivity contribution is 6.01. The molecule has 0 atom stereocenters. The van der Waals surface area contributed by atoms with E-state index in [1.165, 1.54) is 18.3 Å². The van der Waals surface area contributed by atoms with E-state index >= 15 is 0 Å². The Morgan fingerprint density at radius 2 is 2.14 bits per heavy atom. The maximum absolute atomic E-state index is 14.4. The summed E-state index contributed by atoms with van der Waals surface area (Å²) in [4.78, 5) is 16.1. The van der Waals surface area contributed by atoms with Crippen molar-refractivity contribution in [1.29, 1.82) is 0 Å². The summed E-state index contributed by atoms with van der Waals surface area (Å²) in [5.74, 6) is -0.726. The molecular formula is C16H22FN3O. The van der Waals surface area contributed by atoms with Crippen LogP contribution < -0.4 is 10.4 Å². The van der Waals surface area contributed by atoms with Gasteiger partial charge >= 0.3 is 0 Å². The van der Waals surface area contributed by atoms with E-state index in [4.69, 9.17) is 0 Å². The maximum atomic E-state index is 14.4. The molecule has 4 nitrogen and oxygen atoms in total. The van der Waals surface area contributed by atoms with Gasteiger partial charge in [0.15, 0.2) is 0 Å². The first-order chi connectivity index (χ1) is 9.90. The topological polar surface area (TPSA) is 45.2 Å². The van der Waals surface area contributed by atoms with Gasteiger partial charge in [0.25, 0.3) is 5.91 Å². The van der Waals surface area contributed by atoms with Crippen LogP contribution in [0, 0.1) is 6.92 Å². The summed E-state index contributed by atoms with van der Waals surface area (Å²) in [5, 5.41) is 2.95. The van der Waals surface area contributed by atoms with Gasteiger partial charge in [-0.1, -0.05) is 23.1 Å². The van der Waals surface area contributed by atoms with E-state index in [0.29, 0.717) is 17.0 Å². The fourth-order valence-corrected chi connectivity index (χ4v) is 1.70. The number of halogens is 1. The van der Waals surface area contributed by atoms with Crippen molar-refractivity contribution in [2.75, 3.05) is 12.2 Å². The van der Waals surface area contributed by atoms with E-state index in [1.807, 2.05) is 19.9 Å². The Hall–Kier alpha value is -2.17. The number of hydrogen-bond acceptors (Lipinski definition) is 3. The molecule has 1 aromatic heterocycles. The van der Waals surface area contributed by atoms with Gasteiger partial charge in [-0.2, -0.15) is 0 Å². The summed E-state index contributed by atoms with van der Waals surface area (Å²) >= 11 is 0. The standard InChI is InChI=1S/C16H22FN3O/c1-6-11(2)9-14-13(4)19-8-7-15(14)20(17)16(21)10-12(3)18-5/h7-10,18H,6H2,1-5H3/b11-9+,12-10+. The van der Waals surface area contributed by atoms with Gasteiger partial charge in [0.2, 0.25) is 0 Å². The van der Waals surface area contributed by atoms with Crippen molar-refractivity contribution in [3.05, 3.63) is 40.9 Å². The Morgan fingerprint density at radius 1 is 1.48 bits per heavy atom. The molecule has 1 heterocycles. The van der Waals surface area contributed by atoms with Crippen LogP contribution >= 0.6 is 0 Å². The molecule has 0 aromatic carbocycles. The Labute approximate surface area is 125 Å². The number of pyridine rings is 1. The Kier molecular flexibility index (Phi) is 6.09. The van der Waals surface area contributed by atoms with E-state index in [9.17, 15) is 9.28 Å². The fourth-order valence-electron chi connectivity index (χ4n) is 1.70. The smallest absolute Gasteiger partial charge is 0.280 e. The zero-order chi connectivity index (χ0) is 16.0. The molecule has 0 unspecified atom stereocenters. The fraction of sp³-hybridized carbons (Fsp3) is 0.375. The SMILES string of the molecule is CC/C(C)=C/c1c(N(F)C(=O)/C=C(\C)NC)ccnc1C. The summed E-state index contributed by atoms with van der Waals surface area (Å²) in [5.41, 5.74) is 3.21. The lowest BCUT2D eigenvalue weighted by molar-refractivity contribution is -0.116. The zero-order valence-electron chi connectivity index (χ0n) is 13.2. The first-order valence-corrected chi connectivity index (χ1v) is 6.89. The lowest BCUT2D eigenvalue weighted by Gasteiger charge is -2.15. The minimum Gasteiger partial charge on any atom is -0.391 e. The molecule has 0 saturated carbocycles. The van der Waals surface area contributed by atoms with Gasteiger partial charge in [0.05, 0.1) is 5.69 Å². The molecule has 0 saturated heterocycles. The highest BCUT2D eigenvalue weighted by Crippen LogP contribution is 2.26. The van der Waals surface area contributed by atoms with Crippen molar-refractivity contribution in [2.24, 2.45) is 0 Å². The molecule has 0 fully saturated rings. The molecule has 0 aliphatic heterocycles. The van der Waals surface area contributed by atoms with Crippen molar-refractivity contribution in [1.82, 2.24) is 10.3 Å². The number of aromatic nitrogens is 1. The Bertz CT molecular complexity index is 579. The molecule has 1 N–H and O–H groups in total. The average Bonchev–Trinajstić information content (AvgIpc) is 2.47. The second kappa shape index (κ2) is 7.57. The molecule has 5 heteroatoms. The summed E-state index contributed by atoms with van der Waals surface area (Å²) in [6, 6.07) is 1.50. The Balaban J connectivity index is 3.24. The maximum Gasteiger partial charge on any atom is 0.280 e. The van der Waals surface area contributed by atoms with Crippen molar-refractivity contribution >= 4 is 17.7 Å². The van der Waals surface area contributed by atoms with Crippen LogP contribution in [0.3, 0.4) is 0 Å². The molecular weight excluding hydrogens is 269 g/mol. The quantitative estimate of drug-likeness (QED) is 0.666. The van der Waals surface area contributed by atoms with Crippen LogP contribution in [0.1, 0.15) is 38.4 Å². The predicted octanol–water partition coefficient (Wildman–Crippen LogP) is 3.54.